The van der Waals surface area contributed by atoms with Crippen molar-refractivity contribution in [2.24, 2.45) is 28.6 Å². The highest BCUT2D eigenvalue weighted by Gasteiger charge is 2.97. The van der Waals surface area contributed by atoms with Crippen LogP contribution in [0.4, 0.5) is 0 Å². The zero-order chi connectivity index (χ0) is 24.8. The van der Waals surface area contributed by atoms with E-state index in [0.717, 1.165) is 13.1 Å². The summed E-state index contributed by atoms with van der Waals surface area (Å²) in [5.41, 5.74) is -4.69. The molecule has 6 fully saturated rings. The van der Waals surface area contributed by atoms with E-state index in [1.807, 2.05) is 0 Å². The fraction of sp³-hybridized carbons (Fsp3) is 0.885. The average Bonchev–Trinajstić information content (AvgIpc) is 3.36. The number of aliphatic hydroxyl groups excluding tert-OH is 1. The predicted octanol–water partition coefficient (Wildman–Crippen LogP) is 0.472. The molecule has 7 aliphatic rings. The minimum atomic E-state index is -1.29. The van der Waals surface area contributed by atoms with E-state index < -0.39 is 58.0 Å². The van der Waals surface area contributed by atoms with Gasteiger partial charge in [0.05, 0.1) is 35.4 Å². The summed E-state index contributed by atoms with van der Waals surface area (Å²) in [6, 6.07) is -0.331. The summed E-state index contributed by atoms with van der Waals surface area (Å²) in [6.07, 6.45) is 2.72. The van der Waals surface area contributed by atoms with Crippen LogP contribution in [-0.2, 0) is 28.5 Å². The summed E-state index contributed by atoms with van der Waals surface area (Å²) in [7, 11) is 3.33. The molecule has 0 radical (unpaired) electrons. The molecular formula is C26H37NO8. The molecule has 9 heteroatoms. The third-order valence-electron chi connectivity index (χ3n) is 11.4. The van der Waals surface area contributed by atoms with Crippen LogP contribution in [0.15, 0.2) is 12.2 Å². The Balaban J connectivity index is 1.63. The second-order valence-electron chi connectivity index (χ2n) is 12.3. The number of likely N-dealkylation sites (tertiary alicyclic amines) is 1. The number of esters is 1. The predicted molar refractivity (Wildman–Crippen MR) is 121 cm³/mol. The molecule has 0 aromatic rings. The van der Waals surface area contributed by atoms with Gasteiger partial charge in [-0.05, 0) is 13.0 Å². The van der Waals surface area contributed by atoms with Gasteiger partial charge in [-0.2, -0.15) is 0 Å². The molecule has 0 aromatic carbocycles. The van der Waals surface area contributed by atoms with Crippen LogP contribution in [0.3, 0.4) is 0 Å². The van der Waals surface area contributed by atoms with Gasteiger partial charge in [0.1, 0.15) is 18.5 Å². The van der Waals surface area contributed by atoms with Crippen LogP contribution in [0, 0.1) is 28.6 Å². The molecule has 0 amide bonds. The maximum atomic E-state index is 13.2. The Morgan fingerprint density at radius 3 is 2.63 bits per heavy atom. The van der Waals surface area contributed by atoms with Gasteiger partial charge in [-0.3, -0.25) is 9.69 Å². The van der Waals surface area contributed by atoms with Crippen molar-refractivity contribution in [1.82, 2.24) is 4.90 Å². The average molecular weight is 492 g/mol. The second-order valence-corrected chi connectivity index (χ2v) is 12.3. The lowest BCUT2D eigenvalue weighted by molar-refractivity contribution is -0.317. The molecule has 0 aromatic heterocycles. The van der Waals surface area contributed by atoms with Crippen LogP contribution < -0.4 is 0 Å². The molecule has 13 atom stereocenters. The van der Waals surface area contributed by atoms with Gasteiger partial charge in [0.2, 0.25) is 0 Å². The van der Waals surface area contributed by atoms with Gasteiger partial charge >= 0.3 is 5.97 Å². The SMILES string of the molecule is CCN1C[C@]2(C)C=C[C@H](OC)C34C1C1(OCO[C@@]15C[C@H](O)[C@H]1C[C@]3(O)[C@@H]5C1OC)[C@@H](OC(C)=O)[C@@H]42. The van der Waals surface area contributed by atoms with Gasteiger partial charge in [0.15, 0.2) is 5.60 Å². The first-order chi connectivity index (χ1) is 16.6. The van der Waals surface area contributed by atoms with Crippen LogP contribution >= 0.6 is 0 Å². The Morgan fingerprint density at radius 1 is 1.20 bits per heavy atom. The number of piperidine rings is 1. The number of fused-ring (bicyclic) bond motifs is 1. The lowest BCUT2D eigenvalue weighted by Gasteiger charge is -2.70. The van der Waals surface area contributed by atoms with E-state index in [1.165, 1.54) is 6.92 Å². The molecule has 9 nitrogen and oxygen atoms in total. The summed E-state index contributed by atoms with van der Waals surface area (Å²) < 4.78 is 31.9. The van der Waals surface area contributed by atoms with Crippen molar-refractivity contribution in [3.63, 3.8) is 0 Å². The number of hydrogen-bond donors (Lipinski definition) is 2. The van der Waals surface area contributed by atoms with E-state index in [4.69, 9.17) is 23.7 Å². The third kappa shape index (κ3) is 2.05. The van der Waals surface area contributed by atoms with Gasteiger partial charge in [0, 0.05) is 57.3 Å². The Morgan fingerprint density at radius 2 is 1.97 bits per heavy atom. The molecule has 2 heterocycles. The van der Waals surface area contributed by atoms with Crippen LogP contribution in [0.2, 0.25) is 0 Å². The maximum absolute atomic E-state index is 13.2. The van der Waals surface area contributed by atoms with E-state index >= 15 is 0 Å². The van der Waals surface area contributed by atoms with E-state index in [9.17, 15) is 15.0 Å². The monoisotopic (exact) mass is 491 g/mol. The Labute approximate surface area is 205 Å². The molecule has 2 aliphatic heterocycles. The topological polar surface area (TPSA) is 107 Å². The zero-order valence-corrected chi connectivity index (χ0v) is 21.1. The summed E-state index contributed by atoms with van der Waals surface area (Å²) in [5.74, 6) is -1.33. The van der Waals surface area contributed by atoms with Crippen LogP contribution in [0.5, 0.6) is 0 Å². The molecule has 2 saturated heterocycles. The quantitative estimate of drug-likeness (QED) is 0.429. The van der Waals surface area contributed by atoms with Gasteiger partial charge in [-0.15, -0.1) is 0 Å². The van der Waals surface area contributed by atoms with Gasteiger partial charge in [0.25, 0.3) is 0 Å². The number of carbonyl (C=O) groups is 1. The molecule has 4 unspecified atom stereocenters. The minimum absolute atomic E-state index is 0.0107. The van der Waals surface area contributed by atoms with E-state index in [0.29, 0.717) is 12.8 Å². The number of likely N-dealkylation sites (N-methyl/N-ethyl adjacent to an activating group) is 1. The second kappa shape index (κ2) is 6.67. The van der Waals surface area contributed by atoms with Crippen molar-refractivity contribution >= 4 is 5.97 Å². The fourth-order valence-corrected chi connectivity index (χ4v) is 11.0. The fourth-order valence-electron chi connectivity index (χ4n) is 11.0. The first-order valence-electron chi connectivity index (χ1n) is 13.0. The van der Waals surface area contributed by atoms with Crippen molar-refractivity contribution < 1.29 is 38.7 Å². The van der Waals surface area contributed by atoms with E-state index in [2.05, 4.69) is 30.9 Å². The van der Waals surface area contributed by atoms with Gasteiger partial charge in [-0.25, -0.2) is 0 Å². The number of carbonyl (C=O) groups excluding carboxylic acids is 1. The molecule has 2 N–H and O–H groups in total. The summed E-state index contributed by atoms with van der Waals surface area (Å²) in [5, 5.41) is 24.7. The first-order valence-corrected chi connectivity index (χ1v) is 13.0. The highest BCUT2D eigenvalue weighted by Crippen LogP contribution is 2.83. The molecule has 7 bridgehead atoms. The van der Waals surface area contributed by atoms with Crippen molar-refractivity contribution in [3.05, 3.63) is 12.2 Å². The summed E-state index contributed by atoms with van der Waals surface area (Å²) >= 11 is 0. The largest absolute Gasteiger partial charge is 0.459 e. The Hall–Kier alpha value is -1.07. The van der Waals surface area contributed by atoms with Crippen molar-refractivity contribution in [2.45, 2.75) is 80.9 Å². The molecule has 194 valence electrons. The molecule has 5 aliphatic carbocycles. The number of hydrogen-bond acceptors (Lipinski definition) is 9. The summed E-state index contributed by atoms with van der Waals surface area (Å²) in [4.78, 5) is 15.1. The van der Waals surface area contributed by atoms with Crippen LogP contribution in [-0.4, -0.2) is 102 Å². The highest BCUT2D eigenvalue weighted by molar-refractivity contribution is 5.67. The van der Waals surface area contributed by atoms with Gasteiger partial charge in [-0.1, -0.05) is 26.0 Å². The van der Waals surface area contributed by atoms with Crippen LogP contribution in [0.1, 0.15) is 33.6 Å². The molecular weight excluding hydrogens is 454 g/mol. The van der Waals surface area contributed by atoms with Crippen molar-refractivity contribution in [3.8, 4) is 0 Å². The Kier molecular flexibility index (Phi) is 4.40. The standard InChI is InChI=1S/C26H37NO8/c1-6-27-11-22(3)8-7-16(31-4)25-19(22)20(35-13(2)28)26(21(25)27)24(33-12-34-26)10-15(29)14-9-23(25,30)18(24)17(14)32-5/h7-8,14-21,29-30H,6,9-12H2,1-5H3/t14-,15+,16+,17?,18+,19-,20+,21?,22+,23+,24-,25?,26?/m1/s1. The maximum Gasteiger partial charge on any atom is 0.303 e. The number of methoxy groups -OCH3 is 2. The van der Waals surface area contributed by atoms with Crippen molar-refractivity contribution in [2.75, 3.05) is 34.1 Å². The number of ether oxygens (including phenoxy) is 5. The number of rotatable bonds is 4. The Bertz CT molecular complexity index is 1010. The minimum Gasteiger partial charge on any atom is -0.459 e. The molecule has 35 heavy (non-hydrogen) atoms. The van der Waals surface area contributed by atoms with E-state index in [-0.39, 0.29) is 30.6 Å². The van der Waals surface area contributed by atoms with Crippen molar-refractivity contribution in [1.29, 1.82) is 0 Å². The number of nitrogens with zero attached hydrogens (tertiary/aromatic N) is 1. The molecule has 4 saturated carbocycles. The lowest BCUT2D eigenvalue weighted by atomic mass is 9.42. The van der Waals surface area contributed by atoms with Gasteiger partial charge < -0.3 is 33.9 Å². The normalized spacial score (nSPS) is 61.1. The lowest BCUT2D eigenvalue weighted by Crippen LogP contribution is -2.85. The molecule has 7 rings (SSSR count). The molecule has 3 spiro atoms. The highest BCUT2D eigenvalue weighted by atomic mass is 16.7. The number of aliphatic hydroxyl groups is 2. The first kappa shape index (κ1) is 23.1. The zero-order valence-electron chi connectivity index (χ0n) is 21.1. The van der Waals surface area contributed by atoms with Crippen LogP contribution in [0.25, 0.3) is 0 Å². The van der Waals surface area contributed by atoms with E-state index in [1.54, 1.807) is 14.2 Å². The smallest absolute Gasteiger partial charge is 0.303 e. The third-order valence-corrected chi connectivity index (χ3v) is 11.4. The summed E-state index contributed by atoms with van der Waals surface area (Å²) in [6.45, 7) is 7.24.